The maximum absolute atomic E-state index is 10.6. The molecule has 1 heterocycles. The van der Waals surface area contributed by atoms with Crippen LogP contribution < -0.4 is 5.73 Å². The summed E-state index contributed by atoms with van der Waals surface area (Å²) in [5, 5.41) is 8.65. The van der Waals surface area contributed by atoms with Crippen molar-refractivity contribution >= 4 is 11.7 Å². The fourth-order valence-corrected chi connectivity index (χ4v) is 1.33. The third kappa shape index (κ3) is 1.66. The highest BCUT2D eigenvalue weighted by Crippen LogP contribution is 2.34. The Hall–Kier alpha value is -1.45. The number of aromatic carboxylic acids is 1. The number of carboxylic acids is 1. The summed E-state index contributed by atoms with van der Waals surface area (Å²) in [6.07, 6.45) is 3.24. The molecule has 0 bridgehead atoms. The van der Waals surface area contributed by atoms with Gasteiger partial charge in [-0.1, -0.05) is 0 Å². The normalized spacial score (nSPS) is 16.0. The second-order valence-electron chi connectivity index (χ2n) is 3.45. The molecule has 70 valence electrons. The van der Waals surface area contributed by atoms with Crippen molar-refractivity contribution in [1.29, 1.82) is 0 Å². The first-order valence-corrected chi connectivity index (χ1v) is 4.28. The first kappa shape index (κ1) is 8.16. The molecule has 0 atom stereocenters. The van der Waals surface area contributed by atoms with Gasteiger partial charge in [-0.25, -0.2) is 4.79 Å². The predicted octanol–water partition coefficient (Wildman–Crippen LogP) is 1.51. The minimum Gasteiger partial charge on any atom is -0.475 e. The summed E-state index contributed by atoms with van der Waals surface area (Å²) >= 11 is 0. The highest BCUT2D eigenvalue weighted by Gasteiger charge is 2.24. The number of furan rings is 1. The fraction of sp³-hybridized carbons (Fsp3) is 0.444. The van der Waals surface area contributed by atoms with Crippen LogP contribution in [0.5, 0.6) is 0 Å². The Kier molecular flexibility index (Phi) is 1.76. The summed E-state index contributed by atoms with van der Waals surface area (Å²) in [5.74, 6) is 0.139. The molecule has 4 heteroatoms. The van der Waals surface area contributed by atoms with E-state index >= 15 is 0 Å². The van der Waals surface area contributed by atoms with E-state index in [1.807, 2.05) is 0 Å². The zero-order valence-electron chi connectivity index (χ0n) is 7.12. The molecule has 4 nitrogen and oxygen atoms in total. The van der Waals surface area contributed by atoms with Crippen LogP contribution in [0.3, 0.4) is 0 Å². The van der Waals surface area contributed by atoms with Crippen molar-refractivity contribution in [3.05, 3.63) is 17.6 Å². The number of nitrogen functional groups attached to an aromatic ring is 1. The molecule has 1 aromatic heterocycles. The van der Waals surface area contributed by atoms with Gasteiger partial charge in [0.05, 0.1) is 5.69 Å². The number of carbonyl (C=O) groups is 1. The summed E-state index contributed by atoms with van der Waals surface area (Å²) in [5.41, 5.74) is 5.69. The van der Waals surface area contributed by atoms with Crippen molar-refractivity contribution in [2.75, 3.05) is 5.73 Å². The average molecular weight is 181 g/mol. The Bertz CT molecular complexity index is 339. The molecule has 0 aromatic carbocycles. The molecular formula is C9H11NO3. The van der Waals surface area contributed by atoms with Crippen LogP contribution in [0.4, 0.5) is 5.69 Å². The summed E-state index contributed by atoms with van der Waals surface area (Å²) in [6.45, 7) is 0. The van der Waals surface area contributed by atoms with Gasteiger partial charge in [0.15, 0.2) is 0 Å². The lowest BCUT2D eigenvalue weighted by Gasteiger charge is -1.90. The van der Waals surface area contributed by atoms with Gasteiger partial charge in [0.25, 0.3) is 0 Å². The van der Waals surface area contributed by atoms with E-state index in [4.69, 9.17) is 15.3 Å². The van der Waals surface area contributed by atoms with Crippen LogP contribution in [0.25, 0.3) is 0 Å². The van der Waals surface area contributed by atoms with Gasteiger partial charge in [0, 0.05) is 12.5 Å². The maximum Gasteiger partial charge on any atom is 0.374 e. The first-order valence-electron chi connectivity index (χ1n) is 4.28. The van der Waals surface area contributed by atoms with E-state index in [2.05, 4.69) is 0 Å². The van der Waals surface area contributed by atoms with Gasteiger partial charge in [-0.15, -0.1) is 0 Å². The van der Waals surface area contributed by atoms with E-state index in [-0.39, 0.29) is 11.4 Å². The molecule has 2 rings (SSSR count). The van der Waals surface area contributed by atoms with Crippen molar-refractivity contribution in [2.24, 2.45) is 5.92 Å². The van der Waals surface area contributed by atoms with Gasteiger partial charge in [0.2, 0.25) is 5.76 Å². The summed E-state index contributed by atoms with van der Waals surface area (Å²) in [6, 6.07) is 1.61. The van der Waals surface area contributed by atoms with Crippen LogP contribution in [-0.4, -0.2) is 11.1 Å². The van der Waals surface area contributed by atoms with Gasteiger partial charge in [0.1, 0.15) is 5.76 Å². The number of rotatable bonds is 3. The Morgan fingerprint density at radius 1 is 1.69 bits per heavy atom. The van der Waals surface area contributed by atoms with E-state index in [9.17, 15) is 4.79 Å². The van der Waals surface area contributed by atoms with Crippen molar-refractivity contribution in [3.8, 4) is 0 Å². The van der Waals surface area contributed by atoms with Crippen LogP contribution in [0, 0.1) is 5.92 Å². The minimum atomic E-state index is -1.10. The summed E-state index contributed by atoms with van der Waals surface area (Å²) in [7, 11) is 0. The van der Waals surface area contributed by atoms with Crippen LogP contribution >= 0.6 is 0 Å². The Morgan fingerprint density at radius 3 is 2.85 bits per heavy atom. The van der Waals surface area contributed by atoms with Crippen molar-refractivity contribution < 1.29 is 14.3 Å². The molecule has 13 heavy (non-hydrogen) atoms. The van der Waals surface area contributed by atoms with Gasteiger partial charge in [-0.2, -0.15) is 0 Å². The van der Waals surface area contributed by atoms with Crippen LogP contribution in [0.1, 0.15) is 29.2 Å². The van der Waals surface area contributed by atoms with Crippen LogP contribution in [0.2, 0.25) is 0 Å². The second-order valence-corrected chi connectivity index (χ2v) is 3.45. The molecule has 0 amide bonds. The molecule has 0 radical (unpaired) electrons. The number of carboxylic acid groups (broad SMARTS) is 1. The zero-order valence-corrected chi connectivity index (χ0v) is 7.12. The monoisotopic (exact) mass is 181 g/mol. The topological polar surface area (TPSA) is 76.5 Å². The third-order valence-electron chi connectivity index (χ3n) is 2.19. The van der Waals surface area contributed by atoms with Gasteiger partial charge in [-0.3, -0.25) is 0 Å². The molecule has 0 spiro atoms. The van der Waals surface area contributed by atoms with E-state index < -0.39 is 5.97 Å². The zero-order chi connectivity index (χ0) is 9.42. The standard InChI is InChI=1S/C9H11NO3/c10-7-4-6(3-5-1-2-5)13-8(7)9(11)12/h4-5H,1-3,10H2,(H,11,12). The molecule has 0 unspecified atom stereocenters. The smallest absolute Gasteiger partial charge is 0.374 e. The SMILES string of the molecule is Nc1cc(CC2CC2)oc1C(=O)O. The van der Waals surface area contributed by atoms with Crippen LogP contribution in [0.15, 0.2) is 10.5 Å². The largest absolute Gasteiger partial charge is 0.475 e. The van der Waals surface area contributed by atoms with E-state index in [1.165, 1.54) is 12.8 Å². The quantitative estimate of drug-likeness (QED) is 0.741. The number of hydrogen-bond donors (Lipinski definition) is 2. The lowest BCUT2D eigenvalue weighted by atomic mass is 10.2. The number of anilines is 1. The summed E-state index contributed by atoms with van der Waals surface area (Å²) < 4.78 is 5.10. The lowest BCUT2D eigenvalue weighted by molar-refractivity contribution is 0.0662. The van der Waals surface area contributed by atoms with Gasteiger partial charge < -0.3 is 15.3 Å². The molecule has 0 saturated heterocycles. The average Bonchev–Trinajstić information content (AvgIpc) is 2.75. The predicted molar refractivity (Wildman–Crippen MR) is 46.5 cm³/mol. The Morgan fingerprint density at radius 2 is 2.38 bits per heavy atom. The first-order chi connectivity index (χ1) is 6.16. The Balaban J connectivity index is 2.18. The summed E-state index contributed by atoms with van der Waals surface area (Å²) in [4.78, 5) is 10.6. The van der Waals surface area contributed by atoms with Gasteiger partial charge >= 0.3 is 5.97 Å². The highest BCUT2D eigenvalue weighted by molar-refractivity contribution is 5.90. The molecule has 1 aromatic rings. The van der Waals surface area contributed by atoms with Crippen molar-refractivity contribution in [1.82, 2.24) is 0 Å². The van der Waals surface area contributed by atoms with Gasteiger partial charge in [-0.05, 0) is 18.8 Å². The third-order valence-corrected chi connectivity index (χ3v) is 2.19. The molecule has 1 fully saturated rings. The molecule has 3 N–H and O–H groups in total. The maximum atomic E-state index is 10.6. The molecule has 1 aliphatic carbocycles. The molecular weight excluding hydrogens is 170 g/mol. The fourth-order valence-electron chi connectivity index (χ4n) is 1.33. The minimum absolute atomic E-state index is 0.129. The Labute approximate surface area is 75.3 Å². The van der Waals surface area contributed by atoms with E-state index in [0.717, 1.165) is 6.42 Å². The van der Waals surface area contributed by atoms with E-state index in [1.54, 1.807) is 6.07 Å². The lowest BCUT2D eigenvalue weighted by Crippen LogP contribution is -1.97. The van der Waals surface area contributed by atoms with Crippen molar-refractivity contribution in [2.45, 2.75) is 19.3 Å². The number of hydrogen-bond acceptors (Lipinski definition) is 3. The molecule has 0 aliphatic heterocycles. The highest BCUT2D eigenvalue weighted by atomic mass is 16.4. The van der Waals surface area contributed by atoms with Crippen LogP contribution in [-0.2, 0) is 6.42 Å². The number of nitrogens with two attached hydrogens (primary N) is 1. The molecule has 1 aliphatic rings. The van der Waals surface area contributed by atoms with E-state index in [0.29, 0.717) is 11.7 Å². The molecule has 1 saturated carbocycles. The van der Waals surface area contributed by atoms with Crippen molar-refractivity contribution in [3.63, 3.8) is 0 Å². The second kappa shape index (κ2) is 2.80.